The van der Waals surface area contributed by atoms with Crippen molar-refractivity contribution in [1.82, 2.24) is 0 Å². The fourth-order valence-electron chi connectivity index (χ4n) is 8.02. The molecular formula is C39H51Cl3O9SiTi. The molecule has 0 aliphatic heterocycles. The van der Waals surface area contributed by atoms with Crippen molar-refractivity contribution in [3.8, 4) is 51.7 Å². The van der Waals surface area contributed by atoms with Gasteiger partial charge in [0.05, 0.1) is 0 Å². The zero-order valence-electron chi connectivity index (χ0n) is 33.5. The average molecular weight is 846 g/mol. The molecule has 14 heteroatoms. The van der Waals surface area contributed by atoms with Crippen molar-refractivity contribution >= 4 is 23.6 Å². The number of benzene rings is 3. The largest absolute Gasteiger partial charge is 1.00 e. The van der Waals surface area contributed by atoms with Crippen molar-refractivity contribution in [2.24, 2.45) is 0 Å². The molecule has 53 heavy (non-hydrogen) atoms. The van der Waals surface area contributed by atoms with Gasteiger partial charge in [-0.3, -0.25) is 0 Å². The molecule has 0 saturated heterocycles. The number of methoxy groups -OCH3 is 9. The van der Waals surface area contributed by atoms with Crippen LogP contribution in [0, 0.1) is 20.8 Å². The number of aryl methyl sites for hydroxylation is 3. The van der Waals surface area contributed by atoms with Crippen LogP contribution in [0.25, 0.3) is 0 Å². The molecule has 1 aliphatic rings. The predicted octanol–water partition coefficient (Wildman–Crippen LogP) is -2.90. The average Bonchev–Trinajstić information content (AvgIpc) is 3.26. The van der Waals surface area contributed by atoms with E-state index >= 15 is 0 Å². The topological polar surface area (TPSA) is 83.1 Å². The summed E-state index contributed by atoms with van der Waals surface area (Å²) in [6.45, 7) is 14.7. The number of rotatable bonds is 13. The molecule has 0 amide bonds. The molecule has 3 aromatic carbocycles. The van der Waals surface area contributed by atoms with Crippen LogP contribution in [0.2, 0.25) is 3.34 Å². The van der Waals surface area contributed by atoms with Gasteiger partial charge in [0.2, 0.25) is 0 Å². The van der Waals surface area contributed by atoms with Gasteiger partial charge in [0.25, 0.3) is 0 Å². The van der Waals surface area contributed by atoms with Crippen molar-refractivity contribution in [2.75, 3.05) is 64.0 Å². The van der Waals surface area contributed by atoms with Gasteiger partial charge in [-0.25, -0.2) is 0 Å². The van der Waals surface area contributed by atoms with Gasteiger partial charge < -0.3 is 37.2 Å². The van der Waals surface area contributed by atoms with E-state index in [1.165, 1.54) is 11.1 Å². The smallest absolute Gasteiger partial charge is 1.00 e. The zero-order valence-corrected chi connectivity index (χ0v) is 38.4. The molecule has 1 aliphatic carbocycles. The summed E-state index contributed by atoms with van der Waals surface area (Å²) in [5, 5.41) is 2.33. The summed E-state index contributed by atoms with van der Waals surface area (Å²) in [7, 11) is 10.9. The Morgan fingerprint density at radius 3 is 0.811 bits per heavy atom. The van der Waals surface area contributed by atoms with Gasteiger partial charge in [0.1, 0.15) is 0 Å². The summed E-state index contributed by atoms with van der Waals surface area (Å²) in [6, 6.07) is 6.01. The molecule has 0 N–H and O–H groups in total. The maximum atomic E-state index is 6.49. The van der Waals surface area contributed by atoms with Crippen LogP contribution in [-0.2, 0) is 20.4 Å². The first kappa shape index (κ1) is 48.2. The second-order valence-corrected chi connectivity index (χ2v) is 18.2. The Kier molecular flexibility index (Phi) is 16.9. The van der Waals surface area contributed by atoms with E-state index in [-0.39, 0.29) is 37.2 Å². The minimum absolute atomic E-state index is 0. The van der Waals surface area contributed by atoms with Gasteiger partial charge in [-0.05, 0) is 0 Å². The van der Waals surface area contributed by atoms with E-state index in [4.69, 9.17) is 42.6 Å². The van der Waals surface area contributed by atoms with E-state index < -0.39 is 11.4 Å². The summed E-state index contributed by atoms with van der Waals surface area (Å²) in [5.41, 5.74) is 7.23. The second kappa shape index (κ2) is 18.7. The summed E-state index contributed by atoms with van der Waals surface area (Å²) in [5.74, 6) is 5.09. The molecule has 290 valence electrons. The molecule has 0 fully saturated rings. The maximum Gasteiger partial charge on any atom is -1.00 e. The van der Waals surface area contributed by atoms with E-state index in [0.717, 1.165) is 43.4 Å². The number of allylic oxidation sites excluding steroid dienone is 4. The molecule has 0 bridgehead atoms. The molecule has 0 radical (unpaired) electrons. The van der Waals surface area contributed by atoms with Crippen molar-refractivity contribution in [3.63, 3.8) is 0 Å². The van der Waals surface area contributed by atoms with Gasteiger partial charge in [-0.15, -0.1) is 0 Å². The Bertz CT molecular complexity index is 1700. The number of hydrogen-bond acceptors (Lipinski definition) is 9. The molecule has 9 nitrogen and oxygen atoms in total. The minimum Gasteiger partial charge on any atom is -1.00 e. The number of hydrogen-bond donors (Lipinski definition) is 0. The molecule has 0 spiro atoms. The summed E-state index contributed by atoms with van der Waals surface area (Å²) in [6.07, 6.45) is 0. The SMILES string of the molecule is COc1cc(C)c(OC)c(OC)c1[Si](c1c(OC)cc(C)c(OC)c1OC)(c1c(OC)cc(C)c(OC)c1OC)[C]1([Ti+3])C(C)=C(C)C(C)=C1C.[Cl-].[Cl-].[Cl-]. The van der Waals surface area contributed by atoms with Crippen LogP contribution in [0.5, 0.6) is 51.7 Å². The monoisotopic (exact) mass is 844 g/mol. The first-order valence-corrected chi connectivity index (χ1v) is 19.0. The predicted molar refractivity (Wildman–Crippen MR) is 197 cm³/mol. The molecule has 3 aromatic rings. The molecular weight excluding hydrogens is 795 g/mol. The van der Waals surface area contributed by atoms with E-state index in [1.807, 2.05) is 39.0 Å². The van der Waals surface area contributed by atoms with Crippen LogP contribution in [0.15, 0.2) is 40.5 Å². The number of halogens is 3. The van der Waals surface area contributed by atoms with Gasteiger partial charge >= 0.3 is 311 Å². The first-order valence-electron chi connectivity index (χ1n) is 16.2. The third-order valence-electron chi connectivity index (χ3n) is 10.5. The van der Waals surface area contributed by atoms with E-state index in [1.54, 1.807) is 64.0 Å². The summed E-state index contributed by atoms with van der Waals surface area (Å²) < 4.78 is 56.5. The van der Waals surface area contributed by atoms with Crippen LogP contribution in [0.4, 0.5) is 0 Å². The van der Waals surface area contributed by atoms with E-state index in [9.17, 15) is 0 Å². The summed E-state index contributed by atoms with van der Waals surface area (Å²) in [4.78, 5) is 0. The molecule has 0 atom stereocenters. The van der Waals surface area contributed by atoms with Crippen LogP contribution in [0.3, 0.4) is 0 Å². The normalized spacial score (nSPS) is 13.3. The van der Waals surface area contributed by atoms with Crippen LogP contribution >= 0.6 is 0 Å². The van der Waals surface area contributed by atoms with Crippen LogP contribution in [0.1, 0.15) is 44.4 Å². The van der Waals surface area contributed by atoms with Crippen LogP contribution in [-0.4, -0.2) is 72.1 Å². The third kappa shape index (κ3) is 6.86. The molecule has 4 rings (SSSR count). The molecule has 0 saturated carbocycles. The minimum atomic E-state index is -4.04. The number of ether oxygens (including phenoxy) is 9. The fourth-order valence-corrected chi connectivity index (χ4v) is 17.0. The van der Waals surface area contributed by atoms with E-state index in [0.29, 0.717) is 51.7 Å². The Balaban J connectivity index is 0.00000468. The van der Waals surface area contributed by atoms with Crippen molar-refractivity contribution in [2.45, 2.75) is 51.8 Å². The Hall–Kier alpha value is -2.86. The fraction of sp³-hybridized carbons (Fsp3) is 0.436. The van der Waals surface area contributed by atoms with Gasteiger partial charge in [0.15, 0.2) is 0 Å². The second-order valence-electron chi connectivity index (χ2n) is 12.5. The Labute approximate surface area is 346 Å². The van der Waals surface area contributed by atoms with Crippen LogP contribution < -0.4 is 95.4 Å². The molecule has 0 heterocycles. The standard InChI is InChI=1S/C39H51O9Si.3ClH.Ti/c1-20-17-27(40-8)37(33(46-14)30(20)43-11)49(36-25(6)23(4)24(5)26(36)7,38-28(41-9)18-21(2)31(44-12)34(38)47-15)39-29(42-10)19-22(3)32(45-13)35(39)48-16;;;;/h17-19H,1-16H3;3*1H;/q;;;;+3/p-3. The van der Waals surface area contributed by atoms with E-state index in [2.05, 4.69) is 48.1 Å². The molecule has 0 aromatic heterocycles. The quantitative estimate of drug-likeness (QED) is 0.133. The van der Waals surface area contributed by atoms with Gasteiger partial charge in [0, 0.05) is 0 Å². The van der Waals surface area contributed by atoms with Crippen molar-refractivity contribution in [3.05, 3.63) is 57.2 Å². The Morgan fingerprint density at radius 1 is 0.396 bits per heavy atom. The van der Waals surface area contributed by atoms with Gasteiger partial charge in [-0.2, -0.15) is 0 Å². The summed E-state index contributed by atoms with van der Waals surface area (Å²) >= 11 is 2.30. The maximum absolute atomic E-state index is 6.49. The zero-order chi connectivity index (χ0) is 37.5. The first-order chi connectivity index (χ1) is 23.7. The van der Waals surface area contributed by atoms with Gasteiger partial charge in [-0.1, -0.05) is 0 Å². The Morgan fingerprint density at radius 2 is 0.623 bits per heavy atom. The van der Waals surface area contributed by atoms with Crippen molar-refractivity contribution < 1.29 is 100 Å². The molecule has 0 unspecified atom stereocenters. The van der Waals surface area contributed by atoms with Crippen molar-refractivity contribution in [1.29, 1.82) is 0 Å². The third-order valence-corrected chi connectivity index (χ3v) is 19.0.